The zero-order valence-corrected chi connectivity index (χ0v) is 11.4. The number of anilines is 1. The number of rotatable bonds is 4. The van der Waals surface area contributed by atoms with Crippen molar-refractivity contribution in [3.63, 3.8) is 0 Å². The molecule has 23 heavy (non-hydrogen) atoms. The first-order valence-corrected chi connectivity index (χ1v) is 6.21. The van der Waals surface area contributed by atoms with Crippen LogP contribution in [0.5, 0.6) is 0 Å². The van der Waals surface area contributed by atoms with Crippen LogP contribution in [0.25, 0.3) is 0 Å². The molecule has 122 valence electrons. The molecule has 0 aliphatic heterocycles. The molecule has 6 nitrogen and oxygen atoms in total. The lowest BCUT2D eigenvalue weighted by Crippen LogP contribution is -2.33. The second-order valence-corrected chi connectivity index (χ2v) is 4.38. The fraction of sp³-hybridized carbons (Fsp3) is 0.154. The summed E-state index contributed by atoms with van der Waals surface area (Å²) in [4.78, 5) is 23.3. The third-order valence-corrected chi connectivity index (χ3v) is 2.74. The van der Waals surface area contributed by atoms with E-state index in [1.165, 1.54) is 12.4 Å². The quantitative estimate of drug-likeness (QED) is 0.749. The number of hydrogen-bond donors (Lipinski definition) is 3. The van der Waals surface area contributed by atoms with E-state index in [9.17, 15) is 27.2 Å². The number of hydrogen-bond acceptors (Lipinski definition) is 3. The van der Waals surface area contributed by atoms with E-state index < -0.39 is 41.5 Å². The first kappa shape index (κ1) is 16.5. The molecule has 2 amide bonds. The van der Waals surface area contributed by atoms with Crippen LogP contribution in [0.3, 0.4) is 0 Å². The normalized spacial score (nSPS) is 11.1. The zero-order valence-electron chi connectivity index (χ0n) is 11.4. The van der Waals surface area contributed by atoms with E-state index >= 15 is 0 Å². The third-order valence-electron chi connectivity index (χ3n) is 2.74. The average Bonchev–Trinajstić information content (AvgIpc) is 2.96. The van der Waals surface area contributed by atoms with Gasteiger partial charge in [0.05, 0.1) is 29.6 Å². The fourth-order valence-electron chi connectivity index (χ4n) is 1.71. The van der Waals surface area contributed by atoms with Gasteiger partial charge < -0.3 is 10.6 Å². The summed E-state index contributed by atoms with van der Waals surface area (Å²) >= 11 is 0. The molecule has 0 atom stereocenters. The lowest BCUT2D eigenvalue weighted by atomic mass is 10.1. The van der Waals surface area contributed by atoms with Gasteiger partial charge in [-0.1, -0.05) is 6.07 Å². The molecule has 1 aromatic carbocycles. The molecule has 2 rings (SSSR count). The fourth-order valence-corrected chi connectivity index (χ4v) is 1.71. The van der Waals surface area contributed by atoms with E-state index in [4.69, 9.17) is 0 Å². The van der Waals surface area contributed by atoms with Crippen LogP contribution in [0.4, 0.5) is 23.2 Å². The molecule has 0 aliphatic carbocycles. The maximum absolute atomic E-state index is 13.8. The van der Waals surface area contributed by atoms with Gasteiger partial charge in [0.15, 0.2) is 0 Å². The summed E-state index contributed by atoms with van der Waals surface area (Å²) in [6, 6.07) is 2.33. The van der Waals surface area contributed by atoms with Gasteiger partial charge in [-0.3, -0.25) is 14.7 Å². The molecule has 0 fully saturated rings. The molecule has 0 bridgehead atoms. The van der Waals surface area contributed by atoms with E-state index in [2.05, 4.69) is 15.5 Å². The number of H-pyrrole nitrogens is 1. The van der Waals surface area contributed by atoms with Crippen molar-refractivity contribution in [1.82, 2.24) is 15.5 Å². The molecule has 0 saturated heterocycles. The van der Waals surface area contributed by atoms with Crippen LogP contribution in [0.1, 0.15) is 15.9 Å². The lowest BCUT2D eigenvalue weighted by Gasteiger charge is -2.11. The summed E-state index contributed by atoms with van der Waals surface area (Å²) < 4.78 is 51.5. The summed E-state index contributed by atoms with van der Waals surface area (Å²) in [6.45, 7) is -0.542. The van der Waals surface area contributed by atoms with Gasteiger partial charge in [-0.25, -0.2) is 4.39 Å². The highest BCUT2D eigenvalue weighted by Crippen LogP contribution is 2.32. The first-order chi connectivity index (χ1) is 10.8. The maximum Gasteiger partial charge on any atom is 0.419 e. The molecule has 10 heteroatoms. The van der Waals surface area contributed by atoms with E-state index in [0.29, 0.717) is 11.8 Å². The number of halogens is 4. The highest BCUT2D eigenvalue weighted by molar-refractivity contribution is 5.99. The van der Waals surface area contributed by atoms with E-state index in [-0.39, 0.29) is 0 Å². The lowest BCUT2D eigenvalue weighted by molar-refractivity contribution is -0.140. The number of aromatic amines is 1. The van der Waals surface area contributed by atoms with Crippen LogP contribution < -0.4 is 10.6 Å². The highest BCUT2D eigenvalue weighted by Gasteiger charge is 2.35. The van der Waals surface area contributed by atoms with Crippen LogP contribution >= 0.6 is 0 Å². The van der Waals surface area contributed by atoms with Crippen molar-refractivity contribution in [3.8, 4) is 0 Å². The second-order valence-electron chi connectivity index (χ2n) is 4.38. The van der Waals surface area contributed by atoms with E-state index in [0.717, 1.165) is 12.1 Å². The number of amides is 2. The number of aromatic nitrogens is 2. The van der Waals surface area contributed by atoms with Gasteiger partial charge in [-0.15, -0.1) is 0 Å². The summed E-state index contributed by atoms with van der Waals surface area (Å²) in [6.07, 6.45) is -2.22. The smallest absolute Gasteiger partial charge is 0.343 e. The molecule has 0 radical (unpaired) electrons. The molecule has 0 saturated carbocycles. The maximum atomic E-state index is 13.8. The Balaban J connectivity index is 2.02. The Labute approximate surface area is 126 Å². The van der Waals surface area contributed by atoms with Gasteiger partial charge in [0, 0.05) is 6.20 Å². The minimum absolute atomic E-state index is 0.342. The van der Waals surface area contributed by atoms with Crippen LogP contribution in [0, 0.1) is 5.82 Å². The van der Waals surface area contributed by atoms with Crippen molar-refractivity contribution >= 4 is 17.5 Å². The van der Waals surface area contributed by atoms with Crippen molar-refractivity contribution in [2.45, 2.75) is 6.18 Å². The van der Waals surface area contributed by atoms with Crippen molar-refractivity contribution in [3.05, 3.63) is 47.5 Å². The number of carbonyl (C=O) groups is 2. The Morgan fingerprint density at radius 1 is 1.26 bits per heavy atom. The van der Waals surface area contributed by atoms with Crippen LogP contribution in [-0.4, -0.2) is 28.6 Å². The van der Waals surface area contributed by atoms with Gasteiger partial charge in [0.25, 0.3) is 5.91 Å². The minimum Gasteiger partial charge on any atom is -0.343 e. The molecule has 3 N–H and O–H groups in total. The third kappa shape index (κ3) is 4.05. The van der Waals surface area contributed by atoms with Crippen LogP contribution in [0.15, 0.2) is 30.6 Å². The standard InChI is InChI=1S/C13H10F4N4O2/c14-11-8(2-1-3-9(11)13(15,16)17)12(23)18-6-10(22)21-7-4-19-20-5-7/h1-5H,6H2,(H,18,23)(H,19,20)(H,21,22). The second kappa shape index (κ2) is 6.46. The Morgan fingerprint density at radius 2 is 2.00 bits per heavy atom. The van der Waals surface area contributed by atoms with Crippen molar-refractivity contribution in [2.24, 2.45) is 0 Å². The van der Waals surface area contributed by atoms with Gasteiger partial charge in [-0.05, 0) is 12.1 Å². The molecule has 0 aliphatic rings. The van der Waals surface area contributed by atoms with E-state index in [1.807, 2.05) is 5.32 Å². The molecular weight excluding hydrogens is 320 g/mol. The largest absolute Gasteiger partial charge is 0.419 e. The Bertz CT molecular complexity index is 713. The predicted octanol–water partition coefficient (Wildman–Crippen LogP) is 1.94. The van der Waals surface area contributed by atoms with Gasteiger partial charge in [0.2, 0.25) is 5.91 Å². The molecule has 1 heterocycles. The molecule has 2 aromatic rings. The highest BCUT2D eigenvalue weighted by atomic mass is 19.4. The van der Waals surface area contributed by atoms with Gasteiger partial charge in [-0.2, -0.15) is 18.3 Å². The number of benzene rings is 1. The Hall–Kier alpha value is -2.91. The SMILES string of the molecule is O=C(CNC(=O)c1cccc(C(F)(F)F)c1F)Nc1cn[nH]c1. The van der Waals surface area contributed by atoms with Crippen molar-refractivity contribution in [1.29, 1.82) is 0 Å². The molecular formula is C13H10F4N4O2. The topological polar surface area (TPSA) is 86.9 Å². The number of alkyl halides is 3. The number of carbonyl (C=O) groups excluding carboxylic acids is 2. The summed E-state index contributed by atoms with van der Waals surface area (Å²) in [7, 11) is 0. The van der Waals surface area contributed by atoms with Gasteiger partial charge in [0.1, 0.15) is 5.82 Å². The molecule has 0 spiro atoms. The molecule has 1 aromatic heterocycles. The predicted molar refractivity (Wildman–Crippen MR) is 71.0 cm³/mol. The van der Waals surface area contributed by atoms with Crippen molar-refractivity contribution in [2.75, 3.05) is 11.9 Å². The Kier molecular flexibility index (Phi) is 4.63. The zero-order chi connectivity index (χ0) is 17.0. The summed E-state index contributed by atoms with van der Waals surface area (Å²) in [5.74, 6) is -3.46. The van der Waals surface area contributed by atoms with Crippen molar-refractivity contribution < 1.29 is 27.2 Å². The first-order valence-electron chi connectivity index (χ1n) is 6.21. The minimum atomic E-state index is -4.92. The molecule has 0 unspecified atom stereocenters. The summed E-state index contributed by atoms with van der Waals surface area (Å²) in [5.41, 5.74) is -2.00. The van der Waals surface area contributed by atoms with Gasteiger partial charge >= 0.3 is 6.18 Å². The number of nitrogens with one attached hydrogen (secondary N) is 3. The number of nitrogens with zero attached hydrogens (tertiary/aromatic N) is 1. The van der Waals surface area contributed by atoms with Crippen LogP contribution in [-0.2, 0) is 11.0 Å². The average molecular weight is 330 g/mol. The summed E-state index contributed by atoms with van der Waals surface area (Å²) in [5, 5.41) is 10.4. The monoisotopic (exact) mass is 330 g/mol. The van der Waals surface area contributed by atoms with E-state index in [1.54, 1.807) is 0 Å². The Morgan fingerprint density at radius 3 is 2.61 bits per heavy atom. The van der Waals surface area contributed by atoms with Crippen LogP contribution in [0.2, 0.25) is 0 Å².